The fourth-order valence-corrected chi connectivity index (χ4v) is 1.48. The van der Waals surface area contributed by atoms with Gasteiger partial charge in [0.1, 0.15) is 5.60 Å². The lowest BCUT2D eigenvalue weighted by Gasteiger charge is -2.25. The van der Waals surface area contributed by atoms with E-state index in [9.17, 15) is 4.79 Å². The second-order valence-corrected chi connectivity index (χ2v) is 4.93. The summed E-state index contributed by atoms with van der Waals surface area (Å²) in [6, 6.07) is 0. The van der Waals surface area contributed by atoms with E-state index in [1.54, 1.807) is 4.90 Å². The summed E-state index contributed by atoms with van der Waals surface area (Å²) in [5.74, 6) is 0. The molecule has 1 aliphatic rings. The van der Waals surface area contributed by atoms with Gasteiger partial charge >= 0.3 is 6.09 Å². The lowest BCUT2D eigenvalue weighted by atomic mass is 10.2. The van der Waals surface area contributed by atoms with E-state index in [0.29, 0.717) is 26.1 Å². The Balaban J connectivity index is 2.45. The van der Waals surface area contributed by atoms with Crippen LogP contribution in [-0.4, -0.2) is 54.1 Å². The molecule has 1 fully saturated rings. The number of amides is 1. The molecule has 0 radical (unpaired) electrons. The second kappa shape index (κ2) is 5.50. The summed E-state index contributed by atoms with van der Waals surface area (Å²) in [5, 5.41) is 8.97. The van der Waals surface area contributed by atoms with Crippen molar-refractivity contribution in [1.29, 1.82) is 0 Å². The summed E-state index contributed by atoms with van der Waals surface area (Å²) in [7, 11) is 0. The van der Waals surface area contributed by atoms with Crippen molar-refractivity contribution in [2.45, 2.75) is 38.9 Å². The topological polar surface area (TPSA) is 59.0 Å². The molecule has 94 valence electrons. The fraction of sp³-hybridized carbons (Fsp3) is 0.909. The van der Waals surface area contributed by atoms with Gasteiger partial charge in [0.15, 0.2) is 0 Å². The minimum Gasteiger partial charge on any atom is -0.444 e. The van der Waals surface area contributed by atoms with Gasteiger partial charge in [0.05, 0.1) is 19.3 Å². The van der Waals surface area contributed by atoms with Crippen LogP contribution in [0, 0.1) is 0 Å². The predicted octanol–water partition coefficient (Wildman–Crippen LogP) is 1.00. The van der Waals surface area contributed by atoms with Gasteiger partial charge in [0.25, 0.3) is 0 Å². The van der Waals surface area contributed by atoms with Crippen LogP contribution in [0.15, 0.2) is 0 Å². The standard InChI is InChI=1S/C11H21NO4/c1-11(2,3)16-10(14)12-5-4-9(8-13)15-7-6-12/h9,13H,4-8H2,1-3H3/t9-/m1/s1. The van der Waals surface area contributed by atoms with E-state index in [2.05, 4.69) is 0 Å². The van der Waals surface area contributed by atoms with Gasteiger partial charge in [-0.05, 0) is 27.2 Å². The molecule has 0 aliphatic carbocycles. The first-order chi connectivity index (χ1) is 7.42. The van der Waals surface area contributed by atoms with Gasteiger partial charge in [0.2, 0.25) is 0 Å². The third-order valence-corrected chi connectivity index (χ3v) is 2.29. The lowest BCUT2D eigenvalue weighted by Crippen LogP contribution is -2.38. The van der Waals surface area contributed by atoms with Crippen molar-refractivity contribution in [3.05, 3.63) is 0 Å². The first-order valence-corrected chi connectivity index (χ1v) is 5.63. The van der Waals surface area contributed by atoms with E-state index in [1.807, 2.05) is 20.8 Å². The molecule has 1 amide bonds. The summed E-state index contributed by atoms with van der Waals surface area (Å²) < 4.78 is 10.6. The largest absolute Gasteiger partial charge is 0.444 e. The Hall–Kier alpha value is -0.810. The van der Waals surface area contributed by atoms with Gasteiger partial charge in [-0.25, -0.2) is 4.79 Å². The van der Waals surface area contributed by atoms with Crippen LogP contribution in [0.5, 0.6) is 0 Å². The van der Waals surface area contributed by atoms with Crippen molar-refractivity contribution >= 4 is 6.09 Å². The van der Waals surface area contributed by atoms with Crippen LogP contribution < -0.4 is 0 Å². The molecular formula is C11H21NO4. The highest BCUT2D eigenvalue weighted by Crippen LogP contribution is 2.12. The summed E-state index contributed by atoms with van der Waals surface area (Å²) >= 11 is 0. The van der Waals surface area contributed by atoms with Crippen molar-refractivity contribution in [3.8, 4) is 0 Å². The van der Waals surface area contributed by atoms with E-state index >= 15 is 0 Å². The number of nitrogens with zero attached hydrogens (tertiary/aromatic N) is 1. The number of hydrogen-bond acceptors (Lipinski definition) is 4. The van der Waals surface area contributed by atoms with E-state index in [0.717, 1.165) is 0 Å². The molecule has 1 atom stereocenters. The Kier molecular flexibility index (Phi) is 4.56. The molecule has 0 aromatic rings. The fourth-order valence-electron chi connectivity index (χ4n) is 1.48. The quantitative estimate of drug-likeness (QED) is 0.731. The van der Waals surface area contributed by atoms with Gasteiger partial charge in [-0.15, -0.1) is 0 Å². The third-order valence-electron chi connectivity index (χ3n) is 2.29. The highest BCUT2D eigenvalue weighted by molar-refractivity contribution is 5.68. The summed E-state index contributed by atoms with van der Waals surface area (Å²) in [6.45, 7) is 7.07. The van der Waals surface area contributed by atoms with Gasteiger partial charge in [0, 0.05) is 13.1 Å². The van der Waals surface area contributed by atoms with Crippen LogP contribution in [0.25, 0.3) is 0 Å². The zero-order valence-corrected chi connectivity index (χ0v) is 10.2. The SMILES string of the molecule is CC(C)(C)OC(=O)N1CCO[C@@H](CO)CC1. The molecule has 0 unspecified atom stereocenters. The van der Waals surface area contributed by atoms with Crippen LogP contribution in [0.1, 0.15) is 27.2 Å². The van der Waals surface area contributed by atoms with E-state index in [1.165, 1.54) is 0 Å². The summed E-state index contributed by atoms with van der Waals surface area (Å²) in [6.07, 6.45) is 0.178. The van der Waals surface area contributed by atoms with Crippen molar-refractivity contribution in [2.24, 2.45) is 0 Å². The lowest BCUT2D eigenvalue weighted by molar-refractivity contribution is 0.0157. The molecule has 16 heavy (non-hydrogen) atoms. The van der Waals surface area contributed by atoms with Crippen molar-refractivity contribution in [2.75, 3.05) is 26.3 Å². The minimum atomic E-state index is -0.472. The van der Waals surface area contributed by atoms with Crippen LogP contribution in [0.3, 0.4) is 0 Å². The second-order valence-electron chi connectivity index (χ2n) is 4.93. The molecule has 1 aliphatic heterocycles. The maximum absolute atomic E-state index is 11.7. The third kappa shape index (κ3) is 4.37. The van der Waals surface area contributed by atoms with Gasteiger partial charge < -0.3 is 19.5 Å². The highest BCUT2D eigenvalue weighted by Gasteiger charge is 2.25. The molecule has 5 nitrogen and oxygen atoms in total. The minimum absolute atomic E-state index is 0.00214. The molecule has 0 spiro atoms. The number of ether oxygens (including phenoxy) is 2. The van der Waals surface area contributed by atoms with Crippen LogP contribution in [-0.2, 0) is 9.47 Å². The molecular weight excluding hydrogens is 210 g/mol. The monoisotopic (exact) mass is 231 g/mol. The number of aliphatic hydroxyl groups excluding tert-OH is 1. The summed E-state index contributed by atoms with van der Waals surface area (Å²) in [5.41, 5.74) is -0.472. The Morgan fingerprint density at radius 2 is 2.19 bits per heavy atom. The molecule has 1 saturated heterocycles. The van der Waals surface area contributed by atoms with Crippen molar-refractivity contribution in [3.63, 3.8) is 0 Å². The zero-order chi connectivity index (χ0) is 12.2. The molecule has 1 N–H and O–H groups in total. The van der Waals surface area contributed by atoms with Gasteiger partial charge in [-0.3, -0.25) is 0 Å². The average Bonchev–Trinajstić information content (AvgIpc) is 2.39. The molecule has 1 heterocycles. The van der Waals surface area contributed by atoms with Crippen LogP contribution >= 0.6 is 0 Å². The van der Waals surface area contributed by atoms with E-state index < -0.39 is 5.60 Å². The Labute approximate surface area is 96.3 Å². The van der Waals surface area contributed by atoms with E-state index in [-0.39, 0.29) is 18.8 Å². The smallest absolute Gasteiger partial charge is 0.410 e. The van der Waals surface area contributed by atoms with E-state index in [4.69, 9.17) is 14.6 Å². The van der Waals surface area contributed by atoms with Crippen molar-refractivity contribution < 1.29 is 19.4 Å². The highest BCUT2D eigenvalue weighted by atomic mass is 16.6. The Bertz CT molecular complexity index is 237. The number of hydrogen-bond donors (Lipinski definition) is 1. The maximum atomic E-state index is 11.7. The zero-order valence-electron chi connectivity index (χ0n) is 10.2. The van der Waals surface area contributed by atoms with Gasteiger partial charge in [-0.1, -0.05) is 0 Å². The first kappa shape index (κ1) is 13.3. The molecule has 5 heteroatoms. The van der Waals surface area contributed by atoms with Crippen LogP contribution in [0.4, 0.5) is 4.79 Å². The van der Waals surface area contributed by atoms with Crippen LogP contribution in [0.2, 0.25) is 0 Å². The van der Waals surface area contributed by atoms with Crippen molar-refractivity contribution in [1.82, 2.24) is 4.90 Å². The molecule has 1 rings (SSSR count). The number of rotatable bonds is 1. The predicted molar refractivity (Wildman–Crippen MR) is 59.2 cm³/mol. The Morgan fingerprint density at radius 1 is 1.50 bits per heavy atom. The average molecular weight is 231 g/mol. The Morgan fingerprint density at radius 3 is 2.75 bits per heavy atom. The summed E-state index contributed by atoms with van der Waals surface area (Å²) in [4.78, 5) is 13.4. The first-order valence-electron chi connectivity index (χ1n) is 5.63. The van der Waals surface area contributed by atoms with Gasteiger partial charge in [-0.2, -0.15) is 0 Å². The number of aliphatic hydroxyl groups is 1. The number of carbonyl (C=O) groups is 1. The molecule has 0 saturated carbocycles. The number of carbonyl (C=O) groups excluding carboxylic acids is 1. The molecule has 0 bridgehead atoms. The molecule has 0 aromatic heterocycles. The normalized spacial score (nSPS) is 22.8. The maximum Gasteiger partial charge on any atom is 0.410 e. The molecule has 0 aromatic carbocycles.